The van der Waals surface area contributed by atoms with Gasteiger partial charge in [0.25, 0.3) is 0 Å². The van der Waals surface area contributed by atoms with Gasteiger partial charge in [-0.05, 0) is 42.7 Å². The van der Waals surface area contributed by atoms with E-state index in [0.717, 1.165) is 37.0 Å². The number of rotatable bonds is 9. The predicted octanol–water partition coefficient (Wildman–Crippen LogP) is 3.61. The topological polar surface area (TPSA) is 54.9 Å². The molecular formula is C22H31N3O2. The molecule has 0 radical (unpaired) electrons. The minimum atomic E-state index is 0.276. The maximum Gasteiger partial charge on any atom is 0.191 e. The van der Waals surface area contributed by atoms with Crippen LogP contribution in [0.5, 0.6) is 11.5 Å². The Hall–Kier alpha value is -2.69. The fourth-order valence-corrected chi connectivity index (χ4v) is 2.86. The first-order valence-electron chi connectivity index (χ1n) is 9.46. The minimum absolute atomic E-state index is 0.276. The molecule has 2 aromatic rings. The number of nitrogens with one attached hydrogen (secondary N) is 2. The third-order valence-corrected chi connectivity index (χ3v) is 4.40. The van der Waals surface area contributed by atoms with Gasteiger partial charge in [0.05, 0.1) is 14.2 Å². The SMILES string of the molecule is CCNC(=NCC(C)c1ccccc1OC)NCCc1ccc(OC)cc1. The van der Waals surface area contributed by atoms with Crippen LogP contribution in [0.3, 0.4) is 0 Å². The average molecular weight is 370 g/mol. The number of methoxy groups -OCH3 is 2. The fraction of sp³-hybridized carbons (Fsp3) is 0.409. The Kier molecular flexibility index (Phi) is 8.49. The van der Waals surface area contributed by atoms with Crippen molar-refractivity contribution in [2.24, 2.45) is 4.99 Å². The summed E-state index contributed by atoms with van der Waals surface area (Å²) in [6.45, 7) is 6.59. The van der Waals surface area contributed by atoms with Gasteiger partial charge in [0.15, 0.2) is 5.96 Å². The van der Waals surface area contributed by atoms with Crippen LogP contribution in [0.1, 0.15) is 30.9 Å². The van der Waals surface area contributed by atoms with Crippen molar-refractivity contribution in [3.8, 4) is 11.5 Å². The van der Waals surface area contributed by atoms with E-state index in [9.17, 15) is 0 Å². The normalized spacial score (nSPS) is 12.4. The van der Waals surface area contributed by atoms with E-state index < -0.39 is 0 Å². The molecule has 0 aliphatic heterocycles. The summed E-state index contributed by atoms with van der Waals surface area (Å²) >= 11 is 0. The molecular weight excluding hydrogens is 338 g/mol. The Bertz CT molecular complexity index is 714. The molecule has 2 N–H and O–H groups in total. The Labute approximate surface area is 162 Å². The molecule has 27 heavy (non-hydrogen) atoms. The molecule has 1 unspecified atom stereocenters. The van der Waals surface area contributed by atoms with E-state index in [4.69, 9.17) is 14.5 Å². The second-order valence-corrected chi connectivity index (χ2v) is 6.39. The molecule has 1 atom stereocenters. The molecule has 2 rings (SSSR count). The van der Waals surface area contributed by atoms with Crippen LogP contribution in [0.4, 0.5) is 0 Å². The number of ether oxygens (including phenoxy) is 2. The molecule has 0 aliphatic rings. The van der Waals surface area contributed by atoms with Crippen LogP contribution in [-0.4, -0.2) is 39.8 Å². The lowest BCUT2D eigenvalue weighted by molar-refractivity contribution is 0.407. The number of para-hydroxylation sites is 1. The lowest BCUT2D eigenvalue weighted by Crippen LogP contribution is -2.38. The molecule has 0 amide bonds. The van der Waals surface area contributed by atoms with E-state index in [-0.39, 0.29) is 5.92 Å². The standard InChI is InChI=1S/C22H31N3O2/c1-5-23-22(24-15-14-18-10-12-19(26-3)13-11-18)25-16-17(2)20-8-6-7-9-21(20)27-4/h6-13,17H,5,14-16H2,1-4H3,(H2,23,24,25). The number of benzene rings is 2. The molecule has 146 valence electrons. The first-order valence-corrected chi connectivity index (χ1v) is 9.46. The van der Waals surface area contributed by atoms with Gasteiger partial charge in [-0.3, -0.25) is 4.99 Å². The van der Waals surface area contributed by atoms with Crippen LogP contribution in [-0.2, 0) is 6.42 Å². The molecule has 0 bridgehead atoms. The Morgan fingerprint density at radius 3 is 2.41 bits per heavy atom. The molecule has 0 spiro atoms. The van der Waals surface area contributed by atoms with Crippen molar-refractivity contribution in [3.05, 3.63) is 59.7 Å². The molecule has 5 nitrogen and oxygen atoms in total. The third-order valence-electron chi connectivity index (χ3n) is 4.40. The van der Waals surface area contributed by atoms with Crippen LogP contribution in [0.25, 0.3) is 0 Å². The quantitative estimate of drug-likeness (QED) is 0.524. The van der Waals surface area contributed by atoms with Crippen molar-refractivity contribution in [1.29, 1.82) is 0 Å². The first kappa shape index (κ1) is 20.6. The van der Waals surface area contributed by atoms with E-state index in [1.54, 1.807) is 14.2 Å². The zero-order chi connectivity index (χ0) is 19.5. The number of hydrogen-bond acceptors (Lipinski definition) is 3. The van der Waals surface area contributed by atoms with Crippen molar-refractivity contribution in [2.45, 2.75) is 26.2 Å². The van der Waals surface area contributed by atoms with Crippen molar-refractivity contribution in [2.75, 3.05) is 33.9 Å². The van der Waals surface area contributed by atoms with E-state index in [1.165, 1.54) is 11.1 Å². The van der Waals surface area contributed by atoms with Gasteiger partial charge in [0, 0.05) is 25.6 Å². The van der Waals surface area contributed by atoms with Crippen LogP contribution in [0.15, 0.2) is 53.5 Å². The van der Waals surface area contributed by atoms with E-state index in [1.807, 2.05) is 30.3 Å². The average Bonchev–Trinajstić information content (AvgIpc) is 2.72. The summed E-state index contributed by atoms with van der Waals surface area (Å²) < 4.78 is 10.7. The highest BCUT2D eigenvalue weighted by Gasteiger charge is 2.10. The molecule has 0 heterocycles. The Morgan fingerprint density at radius 2 is 1.74 bits per heavy atom. The number of hydrogen-bond donors (Lipinski definition) is 2. The molecule has 5 heteroatoms. The van der Waals surface area contributed by atoms with E-state index in [2.05, 4.69) is 42.7 Å². The molecule has 0 saturated heterocycles. The highest BCUT2D eigenvalue weighted by atomic mass is 16.5. The summed E-state index contributed by atoms with van der Waals surface area (Å²) in [7, 11) is 3.39. The first-order chi connectivity index (χ1) is 13.2. The molecule has 0 aromatic heterocycles. The molecule has 0 aliphatic carbocycles. The van der Waals surface area contributed by atoms with Gasteiger partial charge in [0.2, 0.25) is 0 Å². The largest absolute Gasteiger partial charge is 0.497 e. The van der Waals surface area contributed by atoms with Gasteiger partial charge in [-0.2, -0.15) is 0 Å². The fourth-order valence-electron chi connectivity index (χ4n) is 2.86. The number of guanidine groups is 1. The Morgan fingerprint density at radius 1 is 1.00 bits per heavy atom. The second-order valence-electron chi connectivity index (χ2n) is 6.39. The number of nitrogens with zero attached hydrogens (tertiary/aromatic N) is 1. The maximum absolute atomic E-state index is 5.46. The summed E-state index contributed by atoms with van der Waals surface area (Å²) in [5.74, 6) is 2.91. The summed E-state index contributed by atoms with van der Waals surface area (Å²) in [6.07, 6.45) is 0.927. The highest BCUT2D eigenvalue weighted by Crippen LogP contribution is 2.26. The van der Waals surface area contributed by atoms with Crippen LogP contribution in [0.2, 0.25) is 0 Å². The van der Waals surface area contributed by atoms with Gasteiger partial charge >= 0.3 is 0 Å². The van der Waals surface area contributed by atoms with Gasteiger partial charge in [-0.15, -0.1) is 0 Å². The second kappa shape index (κ2) is 11.1. The van der Waals surface area contributed by atoms with Gasteiger partial charge in [0.1, 0.15) is 11.5 Å². The predicted molar refractivity (Wildman–Crippen MR) is 112 cm³/mol. The molecule has 2 aromatic carbocycles. The summed E-state index contributed by atoms with van der Waals surface area (Å²) in [4.78, 5) is 4.74. The highest BCUT2D eigenvalue weighted by molar-refractivity contribution is 5.79. The third kappa shape index (κ3) is 6.51. The lowest BCUT2D eigenvalue weighted by Gasteiger charge is -2.16. The van der Waals surface area contributed by atoms with Crippen LogP contribution in [0, 0.1) is 0 Å². The van der Waals surface area contributed by atoms with Crippen LogP contribution >= 0.6 is 0 Å². The van der Waals surface area contributed by atoms with E-state index in [0.29, 0.717) is 6.54 Å². The summed E-state index contributed by atoms with van der Waals surface area (Å²) in [6, 6.07) is 16.3. The summed E-state index contributed by atoms with van der Waals surface area (Å²) in [5.41, 5.74) is 2.44. The van der Waals surface area contributed by atoms with Crippen molar-refractivity contribution >= 4 is 5.96 Å². The lowest BCUT2D eigenvalue weighted by atomic mass is 10.0. The molecule has 0 saturated carbocycles. The van der Waals surface area contributed by atoms with E-state index >= 15 is 0 Å². The van der Waals surface area contributed by atoms with Gasteiger partial charge < -0.3 is 20.1 Å². The molecule has 0 fully saturated rings. The van der Waals surface area contributed by atoms with Gasteiger partial charge in [-0.1, -0.05) is 37.3 Å². The van der Waals surface area contributed by atoms with Crippen molar-refractivity contribution in [3.63, 3.8) is 0 Å². The minimum Gasteiger partial charge on any atom is -0.497 e. The monoisotopic (exact) mass is 369 g/mol. The van der Waals surface area contributed by atoms with Crippen molar-refractivity contribution in [1.82, 2.24) is 10.6 Å². The Balaban J connectivity index is 1.90. The number of aliphatic imine (C=N–C) groups is 1. The zero-order valence-electron chi connectivity index (χ0n) is 16.8. The zero-order valence-corrected chi connectivity index (χ0v) is 16.8. The van der Waals surface area contributed by atoms with Crippen LogP contribution < -0.4 is 20.1 Å². The maximum atomic E-state index is 5.46. The smallest absolute Gasteiger partial charge is 0.191 e. The summed E-state index contributed by atoms with van der Waals surface area (Å²) in [5, 5.41) is 6.72. The van der Waals surface area contributed by atoms with Crippen molar-refractivity contribution < 1.29 is 9.47 Å². The van der Waals surface area contributed by atoms with Gasteiger partial charge in [-0.25, -0.2) is 0 Å².